The molecule has 1 rings (SSSR count). The maximum Gasteiger partial charge on any atom is 0.326 e. The van der Waals surface area contributed by atoms with Crippen LogP contribution in [0.1, 0.15) is 23.2 Å². The Morgan fingerprint density at radius 2 is 1.95 bits per heavy atom. The Hall–Kier alpha value is -1.96. The molecule has 6 nitrogen and oxygen atoms in total. The minimum Gasteiger partial charge on any atom is -0.481 e. The molecule has 1 atom stereocenters. The fraction of sp³-hybridized carbons (Fsp3) is 0.250. The number of hydrogen-bond acceptors (Lipinski definition) is 3. The first kappa shape index (κ1) is 16.1. The second kappa shape index (κ2) is 6.99. The van der Waals surface area contributed by atoms with E-state index in [1.165, 1.54) is 12.1 Å². The zero-order chi connectivity index (χ0) is 15.3. The maximum absolute atomic E-state index is 13.3. The van der Waals surface area contributed by atoms with Crippen LogP contribution < -0.4 is 5.32 Å². The van der Waals surface area contributed by atoms with Crippen LogP contribution in [0.4, 0.5) is 4.39 Å². The molecule has 1 aromatic carbocycles. The van der Waals surface area contributed by atoms with Gasteiger partial charge in [0.25, 0.3) is 5.91 Å². The van der Waals surface area contributed by atoms with E-state index in [1.807, 2.05) is 0 Å². The van der Waals surface area contributed by atoms with E-state index in [1.54, 1.807) is 0 Å². The summed E-state index contributed by atoms with van der Waals surface area (Å²) in [5, 5.41) is 19.5. The van der Waals surface area contributed by atoms with Gasteiger partial charge in [0.2, 0.25) is 0 Å². The third kappa shape index (κ3) is 4.61. The van der Waals surface area contributed by atoms with E-state index in [2.05, 4.69) is 21.2 Å². The van der Waals surface area contributed by atoms with Crippen molar-refractivity contribution in [1.82, 2.24) is 5.32 Å². The highest BCUT2D eigenvalue weighted by molar-refractivity contribution is 9.10. The number of amides is 1. The minimum absolute atomic E-state index is 0.0488. The molecule has 0 aliphatic rings. The lowest BCUT2D eigenvalue weighted by molar-refractivity contribution is -0.140. The highest BCUT2D eigenvalue weighted by atomic mass is 79.9. The molecule has 0 radical (unpaired) electrons. The Balaban J connectivity index is 2.77. The largest absolute Gasteiger partial charge is 0.481 e. The van der Waals surface area contributed by atoms with E-state index in [0.29, 0.717) is 0 Å². The summed E-state index contributed by atoms with van der Waals surface area (Å²) in [4.78, 5) is 33.1. The van der Waals surface area contributed by atoms with Crippen LogP contribution >= 0.6 is 15.9 Å². The number of nitrogens with one attached hydrogen (secondary N) is 1. The molecule has 0 heterocycles. The van der Waals surface area contributed by atoms with E-state index in [0.717, 1.165) is 6.07 Å². The number of aliphatic carboxylic acids is 2. The molecule has 1 aromatic rings. The van der Waals surface area contributed by atoms with Crippen molar-refractivity contribution < 1.29 is 29.0 Å². The van der Waals surface area contributed by atoms with Crippen LogP contribution in [0.3, 0.4) is 0 Å². The summed E-state index contributed by atoms with van der Waals surface area (Å²) >= 11 is 2.93. The van der Waals surface area contributed by atoms with Gasteiger partial charge in [0.15, 0.2) is 0 Å². The Kier molecular flexibility index (Phi) is 5.63. The van der Waals surface area contributed by atoms with Crippen LogP contribution in [0.25, 0.3) is 0 Å². The lowest BCUT2D eigenvalue weighted by atomic mass is 10.1. The normalized spacial score (nSPS) is 11.7. The number of hydrogen-bond donors (Lipinski definition) is 3. The first-order valence-corrected chi connectivity index (χ1v) is 6.31. The molecule has 0 bridgehead atoms. The number of benzene rings is 1. The zero-order valence-corrected chi connectivity index (χ0v) is 11.7. The third-order valence-electron chi connectivity index (χ3n) is 2.43. The van der Waals surface area contributed by atoms with Crippen LogP contribution in [0.2, 0.25) is 0 Å². The number of halogens is 2. The van der Waals surface area contributed by atoms with Crippen molar-refractivity contribution in [3.63, 3.8) is 0 Å². The van der Waals surface area contributed by atoms with Gasteiger partial charge in [-0.25, -0.2) is 9.18 Å². The highest BCUT2D eigenvalue weighted by Gasteiger charge is 2.21. The average molecular weight is 348 g/mol. The zero-order valence-electron chi connectivity index (χ0n) is 10.1. The summed E-state index contributed by atoms with van der Waals surface area (Å²) in [7, 11) is 0. The van der Waals surface area contributed by atoms with Gasteiger partial charge in [-0.1, -0.05) is 0 Å². The lowest BCUT2D eigenvalue weighted by Crippen LogP contribution is -2.41. The van der Waals surface area contributed by atoms with Gasteiger partial charge >= 0.3 is 11.9 Å². The molecule has 8 heteroatoms. The van der Waals surface area contributed by atoms with Crippen LogP contribution in [0.5, 0.6) is 0 Å². The number of carbonyl (C=O) groups excluding carboxylic acids is 1. The summed E-state index contributed by atoms with van der Waals surface area (Å²) in [5.41, 5.74) is -0.0488. The molecule has 0 spiro atoms. The van der Waals surface area contributed by atoms with Gasteiger partial charge in [0.05, 0.1) is 4.47 Å². The quantitative estimate of drug-likeness (QED) is 0.725. The van der Waals surface area contributed by atoms with Crippen molar-refractivity contribution in [3.05, 3.63) is 34.1 Å². The Labute approximate surface area is 121 Å². The van der Waals surface area contributed by atoms with Crippen LogP contribution in [-0.4, -0.2) is 34.1 Å². The first-order chi connectivity index (χ1) is 9.31. The molecule has 0 aliphatic heterocycles. The molecule has 0 fully saturated rings. The van der Waals surface area contributed by atoms with Crippen molar-refractivity contribution >= 4 is 33.8 Å². The fourth-order valence-electron chi connectivity index (χ4n) is 1.40. The SMILES string of the molecule is O=C(O)CCC(NC(=O)c1ccc(Br)c(F)c1)C(=O)O. The van der Waals surface area contributed by atoms with E-state index >= 15 is 0 Å². The maximum atomic E-state index is 13.3. The van der Waals surface area contributed by atoms with Crippen LogP contribution in [0, 0.1) is 5.82 Å². The second-order valence-electron chi connectivity index (χ2n) is 3.93. The Morgan fingerprint density at radius 3 is 2.45 bits per heavy atom. The Bertz CT molecular complexity index is 549. The number of carboxylic acid groups (broad SMARTS) is 2. The number of rotatable bonds is 6. The molecule has 1 unspecified atom stereocenters. The van der Waals surface area contributed by atoms with Gasteiger partial charge in [-0.05, 0) is 40.5 Å². The van der Waals surface area contributed by atoms with Gasteiger partial charge in [-0.15, -0.1) is 0 Å². The first-order valence-electron chi connectivity index (χ1n) is 5.51. The van der Waals surface area contributed by atoms with Crippen molar-refractivity contribution in [1.29, 1.82) is 0 Å². The fourth-order valence-corrected chi connectivity index (χ4v) is 1.65. The number of carbonyl (C=O) groups is 3. The molecular weight excluding hydrogens is 337 g/mol. The monoisotopic (exact) mass is 347 g/mol. The predicted molar refractivity (Wildman–Crippen MR) is 69.9 cm³/mol. The summed E-state index contributed by atoms with van der Waals surface area (Å²) < 4.78 is 13.4. The molecule has 20 heavy (non-hydrogen) atoms. The van der Waals surface area contributed by atoms with Gasteiger partial charge in [0.1, 0.15) is 11.9 Å². The van der Waals surface area contributed by atoms with Crippen molar-refractivity contribution in [2.24, 2.45) is 0 Å². The molecule has 108 valence electrons. The molecular formula is C12H11BrFNO5. The molecule has 3 N–H and O–H groups in total. The number of carboxylic acids is 2. The summed E-state index contributed by atoms with van der Waals surface area (Å²) in [5.74, 6) is -3.96. The molecule has 0 aliphatic carbocycles. The second-order valence-corrected chi connectivity index (χ2v) is 4.78. The highest BCUT2D eigenvalue weighted by Crippen LogP contribution is 2.16. The average Bonchev–Trinajstić information content (AvgIpc) is 2.36. The standard InChI is InChI=1S/C12H11BrFNO5/c13-7-2-1-6(5-8(7)14)11(18)15-9(12(19)20)3-4-10(16)17/h1-2,5,9H,3-4H2,(H,15,18)(H,16,17)(H,19,20). The van der Waals surface area contributed by atoms with Gasteiger partial charge in [-0.3, -0.25) is 9.59 Å². The molecule has 1 amide bonds. The molecule has 0 aromatic heterocycles. The van der Waals surface area contributed by atoms with E-state index in [4.69, 9.17) is 10.2 Å². The smallest absolute Gasteiger partial charge is 0.326 e. The van der Waals surface area contributed by atoms with Gasteiger partial charge < -0.3 is 15.5 Å². The van der Waals surface area contributed by atoms with Gasteiger partial charge in [0, 0.05) is 12.0 Å². The Morgan fingerprint density at radius 1 is 1.30 bits per heavy atom. The summed E-state index contributed by atoms with van der Waals surface area (Å²) in [6, 6.07) is 2.25. The molecule has 0 saturated heterocycles. The predicted octanol–water partition coefficient (Wildman–Crippen LogP) is 1.64. The van der Waals surface area contributed by atoms with E-state index < -0.39 is 36.1 Å². The van der Waals surface area contributed by atoms with Crippen molar-refractivity contribution in [3.8, 4) is 0 Å². The van der Waals surface area contributed by atoms with Gasteiger partial charge in [-0.2, -0.15) is 0 Å². The van der Waals surface area contributed by atoms with Crippen LogP contribution in [-0.2, 0) is 9.59 Å². The van der Waals surface area contributed by atoms with E-state index in [9.17, 15) is 18.8 Å². The third-order valence-corrected chi connectivity index (χ3v) is 3.08. The topological polar surface area (TPSA) is 104 Å². The minimum atomic E-state index is -1.35. The summed E-state index contributed by atoms with van der Waals surface area (Å²) in [6.45, 7) is 0. The van der Waals surface area contributed by atoms with Crippen molar-refractivity contribution in [2.75, 3.05) is 0 Å². The van der Waals surface area contributed by atoms with Crippen molar-refractivity contribution in [2.45, 2.75) is 18.9 Å². The molecule has 0 saturated carbocycles. The lowest BCUT2D eigenvalue weighted by Gasteiger charge is -2.13. The van der Waals surface area contributed by atoms with E-state index in [-0.39, 0.29) is 16.5 Å². The summed E-state index contributed by atoms with van der Waals surface area (Å²) in [6.07, 6.45) is -0.651. The van der Waals surface area contributed by atoms with Crippen LogP contribution in [0.15, 0.2) is 22.7 Å².